The van der Waals surface area contributed by atoms with Gasteiger partial charge in [-0.05, 0) is 25.7 Å². The van der Waals surface area contributed by atoms with E-state index in [0.717, 1.165) is 25.7 Å². The molecule has 0 amide bonds. The van der Waals surface area contributed by atoms with Crippen molar-refractivity contribution < 1.29 is 19.1 Å². The van der Waals surface area contributed by atoms with Crippen LogP contribution in [0.1, 0.15) is 182 Å². The van der Waals surface area contributed by atoms with Gasteiger partial charge in [-0.15, -0.1) is 0 Å². The number of unbranched alkanes of at least 4 members (excludes halogenated alkanes) is 20. The van der Waals surface area contributed by atoms with Gasteiger partial charge in [-0.2, -0.15) is 0 Å². The maximum Gasteiger partial charge on any atom is 0.323 e. The normalized spacial score (nSPS) is 11.6. The number of ether oxygens (including phenoxy) is 2. The molecule has 4 nitrogen and oxygen atoms in total. The van der Waals surface area contributed by atoms with E-state index in [0.29, 0.717) is 26.1 Å². The Bertz CT molecular complexity index is 512. The third-order valence-electron chi connectivity index (χ3n) is 7.95. The number of esters is 2. The summed E-state index contributed by atoms with van der Waals surface area (Å²) in [6, 6.07) is 0. The van der Waals surface area contributed by atoms with E-state index in [1.54, 1.807) is 0 Å². The fraction of sp³-hybridized carbons (Fsp3) is 0.939. The average molecular weight is 525 g/mol. The third kappa shape index (κ3) is 18.8. The third-order valence-corrected chi connectivity index (χ3v) is 7.95. The molecule has 0 aromatic rings. The minimum absolute atomic E-state index is 0.395. The molecule has 0 heterocycles. The average Bonchev–Trinajstić information content (AvgIpc) is 2.91. The van der Waals surface area contributed by atoms with Gasteiger partial charge in [0.2, 0.25) is 0 Å². The van der Waals surface area contributed by atoms with Gasteiger partial charge >= 0.3 is 11.9 Å². The molecule has 0 atom stereocenters. The van der Waals surface area contributed by atoms with Crippen LogP contribution in [-0.4, -0.2) is 25.2 Å². The van der Waals surface area contributed by atoms with Crippen LogP contribution in [0.25, 0.3) is 0 Å². The van der Waals surface area contributed by atoms with Crippen LogP contribution in [0.4, 0.5) is 0 Å². The van der Waals surface area contributed by atoms with Crippen molar-refractivity contribution in [2.45, 2.75) is 182 Å². The molecule has 0 aliphatic heterocycles. The molecule has 0 N–H and O–H groups in total. The van der Waals surface area contributed by atoms with Crippen LogP contribution < -0.4 is 0 Å². The summed E-state index contributed by atoms with van der Waals surface area (Å²) >= 11 is 0. The molecule has 0 saturated carbocycles. The lowest BCUT2D eigenvalue weighted by Crippen LogP contribution is -2.41. The highest BCUT2D eigenvalue weighted by Crippen LogP contribution is 2.30. The van der Waals surface area contributed by atoms with Crippen LogP contribution in [-0.2, 0) is 19.1 Å². The van der Waals surface area contributed by atoms with Crippen LogP contribution in [0.15, 0.2) is 0 Å². The van der Waals surface area contributed by atoms with E-state index in [1.807, 2.05) is 13.8 Å². The number of rotatable bonds is 28. The summed E-state index contributed by atoms with van der Waals surface area (Å²) in [6.07, 6.45) is 28.7. The maximum absolute atomic E-state index is 12.8. The van der Waals surface area contributed by atoms with Crippen molar-refractivity contribution >= 4 is 11.9 Å². The van der Waals surface area contributed by atoms with Gasteiger partial charge < -0.3 is 9.47 Å². The number of carbonyl (C=O) groups excluding carboxylic acids is 2. The Labute approximate surface area is 231 Å². The van der Waals surface area contributed by atoms with Crippen molar-refractivity contribution in [2.24, 2.45) is 5.41 Å². The first-order valence-corrected chi connectivity index (χ1v) is 16.4. The first-order chi connectivity index (χ1) is 18.1. The summed E-state index contributed by atoms with van der Waals surface area (Å²) in [5.41, 5.74) is -1.14. The summed E-state index contributed by atoms with van der Waals surface area (Å²) in [7, 11) is 0. The van der Waals surface area contributed by atoms with Crippen molar-refractivity contribution in [2.75, 3.05) is 13.2 Å². The lowest BCUT2D eigenvalue weighted by atomic mass is 9.82. The predicted octanol–water partition coefficient (Wildman–Crippen LogP) is 10.5. The smallest absolute Gasteiger partial charge is 0.323 e. The van der Waals surface area contributed by atoms with Crippen molar-refractivity contribution in [1.82, 2.24) is 0 Å². The van der Waals surface area contributed by atoms with Gasteiger partial charge in [0.25, 0.3) is 0 Å². The van der Waals surface area contributed by atoms with Gasteiger partial charge in [0.05, 0.1) is 13.2 Å². The lowest BCUT2D eigenvalue weighted by Gasteiger charge is -2.27. The van der Waals surface area contributed by atoms with Gasteiger partial charge in [0, 0.05) is 0 Å². The Morgan fingerprint density at radius 3 is 0.892 bits per heavy atom. The highest BCUT2D eigenvalue weighted by Gasteiger charge is 2.45. The SMILES string of the molecule is CCCCCCCCCCCCCCCCOC(=O)C(CC)(CC)C(=O)OCCCCCCCCCC. The first kappa shape index (κ1) is 35.9. The molecule has 0 aromatic carbocycles. The topological polar surface area (TPSA) is 52.6 Å². The zero-order chi connectivity index (χ0) is 27.5. The number of hydrogen-bond acceptors (Lipinski definition) is 4. The van der Waals surface area contributed by atoms with Crippen LogP contribution in [0.2, 0.25) is 0 Å². The second kappa shape index (κ2) is 26.5. The maximum atomic E-state index is 12.8. The Morgan fingerprint density at radius 1 is 0.405 bits per heavy atom. The molecule has 0 aliphatic carbocycles. The van der Waals surface area contributed by atoms with Gasteiger partial charge in [-0.3, -0.25) is 9.59 Å². The first-order valence-electron chi connectivity index (χ1n) is 16.4. The Kier molecular flexibility index (Phi) is 25.8. The van der Waals surface area contributed by atoms with Gasteiger partial charge in [0.1, 0.15) is 0 Å². The molecular weight excluding hydrogens is 460 g/mol. The largest absolute Gasteiger partial charge is 0.465 e. The number of carbonyl (C=O) groups is 2. The summed E-state index contributed by atoms with van der Waals surface area (Å²) < 4.78 is 11.1. The lowest BCUT2D eigenvalue weighted by molar-refractivity contribution is -0.173. The van der Waals surface area contributed by atoms with Crippen molar-refractivity contribution in [1.29, 1.82) is 0 Å². The minimum Gasteiger partial charge on any atom is -0.465 e. The number of hydrogen-bond donors (Lipinski definition) is 0. The fourth-order valence-corrected chi connectivity index (χ4v) is 5.05. The summed E-state index contributed by atoms with van der Waals surface area (Å²) in [4.78, 5) is 25.7. The molecule has 0 spiro atoms. The molecule has 0 unspecified atom stereocenters. The monoisotopic (exact) mass is 524 g/mol. The summed E-state index contributed by atoms with van der Waals surface area (Å²) in [5, 5.41) is 0. The fourth-order valence-electron chi connectivity index (χ4n) is 5.05. The van der Waals surface area contributed by atoms with E-state index < -0.39 is 17.4 Å². The highest BCUT2D eigenvalue weighted by atomic mass is 16.6. The molecule has 0 aliphatic rings. The molecule has 0 rings (SSSR count). The zero-order valence-corrected chi connectivity index (χ0v) is 25.5. The molecule has 0 saturated heterocycles. The highest BCUT2D eigenvalue weighted by molar-refractivity contribution is 5.99. The summed E-state index contributed by atoms with van der Waals surface area (Å²) in [5.74, 6) is -0.792. The minimum atomic E-state index is -1.14. The van der Waals surface area contributed by atoms with E-state index in [2.05, 4.69) is 13.8 Å². The Morgan fingerprint density at radius 2 is 0.649 bits per heavy atom. The zero-order valence-electron chi connectivity index (χ0n) is 25.5. The second-order valence-electron chi connectivity index (χ2n) is 11.1. The van der Waals surface area contributed by atoms with Gasteiger partial charge in [-0.25, -0.2) is 0 Å². The Hall–Kier alpha value is -1.06. The molecule has 37 heavy (non-hydrogen) atoms. The van der Waals surface area contributed by atoms with Crippen molar-refractivity contribution in [3.8, 4) is 0 Å². The van der Waals surface area contributed by atoms with E-state index in [4.69, 9.17) is 9.47 Å². The second-order valence-corrected chi connectivity index (χ2v) is 11.1. The molecule has 4 heteroatoms. The molecule has 0 aromatic heterocycles. The standard InChI is InChI=1S/C33H64O4/c1-5-9-11-13-15-17-18-19-20-21-22-24-26-28-30-37-32(35)33(7-3,8-4)31(34)36-29-27-25-23-16-14-12-10-6-2/h5-30H2,1-4H3. The van der Waals surface area contributed by atoms with Crippen molar-refractivity contribution in [3.63, 3.8) is 0 Å². The Balaban J connectivity index is 3.87. The molecule has 0 radical (unpaired) electrons. The van der Waals surface area contributed by atoms with Crippen LogP contribution >= 0.6 is 0 Å². The molecule has 0 bridgehead atoms. The quantitative estimate of drug-likeness (QED) is 0.0580. The molecule has 0 fully saturated rings. The van der Waals surface area contributed by atoms with E-state index >= 15 is 0 Å². The van der Waals surface area contributed by atoms with Crippen molar-refractivity contribution in [3.05, 3.63) is 0 Å². The molecular formula is C33H64O4. The van der Waals surface area contributed by atoms with Crippen LogP contribution in [0.5, 0.6) is 0 Å². The van der Waals surface area contributed by atoms with E-state index in [9.17, 15) is 9.59 Å². The van der Waals surface area contributed by atoms with Gasteiger partial charge in [0.15, 0.2) is 5.41 Å². The molecule has 220 valence electrons. The van der Waals surface area contributed by atoms with Gasteiger partial charge in [-0.1, -0.05) is 156 Å². The van der Waals surface area contributed by atoms with Crippen LogP contribution in [0, 0.1) is 5.41 Å². The predicted molar refractivity (Wildman–Crippen MR) is 158 cm³/mol. The summed E-state index contributed by atoms with van der Waals surface area (Å²) in [6.45, 7) is 9.08. The van der Waals surface area contributed by atoms with E-state index in [-0.39, 0.29) is 0 Å². The van der Waals surface area contributed by atoms with E-state index in [1.165, 1.54) is 116 Å². The van der Waals surface area contributed by atoms with Crippen LogP contribution in [0.3, 0.4) is 0 Å².